The molecule has 8 heteroatoms. The second-order valence-electron chi connectivity index (χ2n) is 9.91. The molecule has 1 heterocycles. The molecule has 5 fully saturated rings. The summed E-state index contributed by atoms with van der Waals surface area (Å²) in [5, 5.41) is 5.76. The molecule has 4 saturated carbocycles. The third kappa shape index (κ3) is 3.69. The molecule has 0 atom stereocenters. The number of nitrogens with zero attached hydrogens (tertiary/aromatic N) is 1. The minimum absolute atomic E-state index is 0.103. The number of sulfonamides is 1. The Labute approximate surface area is 183 Å². The Bertz CT molecular complexity index is 976. The molecule has 0 radical (unpaired) electrons. The van der Waals surface area contributed by atoms with Crippen molar-refractivity contribution in [3.63, 3.8) is 0 Å². The molecule has 166 valence electrons. The molecule has 5 aliphatic rings. The number of carbonyl (C=O) groups is 2. The Morgan fingerprint density at radius 1 is 1.00 bits per heavy atom. The van der Waals surface area contributed by atoms with Crippen LogP contribution >= 0.6 is 0 Å². The van der Waals surface area contributed by atoms with E-state index in [-0.39, 0.29) is 41.3 Å². The standard InChI is InChI=1S/C23H29N3O4S/c1-2-21(27)24-19-13-26(14-19)31(29,30)20-5-3-18(4-6-20)25-22(28)23-10-15-7-16(11-23)9-17(8-15)12-23/h2-6,15-17,19H,1,7-14H2,(H,24,27)(H,25,28). The molecular formula is C23H29N3O4S. The molecule has 1 aromatic carbocycles. The zero-order valence-corrected chi connectivity index (χ0v) is 18.4. The lowest BCUT2D eigenvalue weighted by Crippen LogP contribution is -2.60. The Kier molecular flexibility index (Phi) is 4.97. The summed E-state index contributed by atoms with van der Waals surface area (Å²) in [7, 11) is -3.62. The van der Waals surface area contributed by atoms with E-state index < -0.39 is 10.0 Å². The van der Waals surface area contributed by atoms with E-state index in [9.17, 15) is 18.0 Å². The molecule has 0 unspecified atom stereocenters. The first-order chi connectivity index (χ1) is 14.8. The van der Waals surface area contributed by atoms with Crippen LogP contribution in [0.4, 0.5) is 5.69 Å². The highest BCUT2D eigenvalue weighted by Gasteiger charge is 2.54. The lowest BCUT2D eigenvalue weighted by atomic mass is 9.49. The van der Waals surface area contributed by atoms with Crippen molar-refractivity contribution in [2.45, 2.75) is 49.5 Å². The van der Waals surface area contributed by atoms with Crippen LogP contribution in [0.5, 0.6) is 0 Å². The molecule has 0 aromatic heterocycles. The molecule has 1 aliphatic heterocycles. The number of hydrogen-bond donors (Lipinski definition) is 2. The minimum atomic E-state index is -3.62. The number of amides is 2. The summed E-state index contributed by atoms with van der Waals surface area (Å²) in [5.74, 6) is 1.88. The van der Waals surface area contributed by atoms with E-state index in [0.29, 0.717) is 23.4 Å². The monoisotopic (exact) mass is 443 g/mol. The van der Waals surface area contributed by atoms with Gasteiger partial charge in [0.25, 0.3) is 0 Å². The van der Waals surface area contributed by atoms with E-state index >= 15 is 0 Å². The number of hydrogen-bond acceptors (Lipinski definition) is 4. The number of nitrogens with one attached hydrogen (secondary N) is 2. The van der Waals surface area contributed by atoms with Crippen molar-refractivity contribution in [2.75, 3.05) is 18.4 Å². The van der Waals surface area contributed by atoms with Gasteiger partial charge in [0.2, 0.25) is 21.8 Å². The first kappa shape index (κ1) is 20.7. The van der Waals surface area contributed by atoms with E-state index in [1.54, 1.807) is 24.3 Å². The van der Waals surface area contributed by atoms with Crippen LogP contribution < -0.4 is 10.6 Å². The molecule has 1 aromatic rings. The van der Waals surface area contributed by atoms with Gasteiger partial charge in [0.05, 0.1) is 16.4 Å². The van der Waals surface area contributed by atoms with Gasteiger partial charge >= 0.3 is 0 Å². The van der Waals surface area contributed by atoms with Crippen LogP contribution in [0.25, 0.3) is 0 Å². The van der Waals surface area contributed by atoms with E-state index in [0.717, 1.165) is 19.3 Å². The third-order valence-corrected chi connectivity index (χ3v) is 9.50. The molecule has 4 aliphatic carbocycles. The molecule has 1 saturated heterocycles. The number of rotatable bonds is 6. The van der Waals surface area contributed by atoms with Crippen molar-refractivity contribution >= 4 is 27.5 Å². The third-order valence-electron chi connectivity index (χ3n) is 7.65. The van der Waals surface area contributed by atoms with Crippen LogP contribution in [0, 0.1) is 23.2 Å². The summed E-state index contributed by atoms with van der Waals surface area (Å²) in [4.78, 5) is 24.7. The maximum atomic E-state index is 13.2. The first-order valence-corrected chi connectivity index (χ1v) is 12.6. The van der Waals surface area contributed by atoms with Crippen molar-refractivity contribution in [3.8, 4) is 0 Å². The summed E-state index contributed by atoms with van der Waals surface area (Å²) in [6.45, 7) is 3.88. The predicted molar refractivity (Wildman–Crippen MR) is 117 cm³/mol. The lowest BCUT2D eigenvalue weighted by Gasteiger charge is -2.55. The normalized spacial score (nSPS) is 32.3. The number of anilines is 1. The van der Waals surface area contributed by atoms with Gasteiger partial charge in [-0.2, -0.15) is 4.31 Å². The highest BCUT2D eigenvalue weighted by Crippen LogP contribution is 2.60. The first-order valence-electron chi connectivity index (χ1n) is 11.1. The van der Waals surface area contributed by atoms with E-state index in [2.05, 4.69) is 17.2 Å². The van der Waals surface area contributed by atoms with Crippen LogP contribution in [-0.4, -0.2) is 43.7 Å². The highest BCUT2D eigenvalue weighted by molar-refractivity contribution is 7.89. The van der Waals surface area contributed by atoms with Gasteiger partial charge in [0.15, 0.2) is 0 Å². The van der Waals surface area contributed by atoms with Crippen molar-refractivity contribution in [1.82, 2.24) is 9.62 Å². The lowest BCUT2D eigenvalue weighted by molar-refractivity contribution is -0.140. The van der Waals surface area contributed by atoms with E-state index in [4.69, 9.17) is 0 Å². The molecule has 31 heavy (non-hydrogen) atoms. The van der Waals surface area contributed by atoms with Gasteiger partial charge < -0.3 is 10.6 Å². The minimum Gasteiger partial charge on any atom is -0.347 e. The average Bonchev–Trinajstić information content (AvgIpc) is 2.69. The van der Waals surface area contributed by atoms with Crippen molar-refractivity contribution < 1.29 is 18.0 Å². The van der Waals surface area contributed by atoms with Gasteiger partial charge in [-0.25, -0.2) is 8.42 Å². The molecule has 0 spiro atoms. The topological polar surface area (TPSA) is 95.6 Å². The summed E-state index contributed by atoms with van der Waals surface area (Å²) in [6.07, 6.45) is 8.02. The fourth-order valence-corrected chi connectivity index (χ4v) is 8.03. The van der Waals surface area contributed by atoms with Gasteiger partial charge in [0.1, 0.15) is 0 Å². The zero-order chi connectivity index (χ0) is 21.8. The molecule has 2 N–H and O–H groups in total. The Morgan fingerprint density at radius 3 is 2.06 bits per heavy atom. The Hall–Kier alpha value is -2.19. The second kappa shape index (κ2) is 7.45. The van der Waals surface area contributed by atoms with Crippen LogP contribution in [0.2, 0.25) is 0 Å². The van der Waals surface area contributed by atoms with E-state index in [1.165, 1.54) is 29.6 Å². The van der Waals surface area contributed by atoms with Gasteiger partial charge in [-0.3, -0.25) is 9.59 Å². The summed E-state index contributed by atoms with van der Waals surface area (Å²) < 4.78 is 26.9. The number of carbonyl (C=O) groups excluding carboxylic acids is 2. The molecule has 6 rings (SSSR count). The highest BCUT2D eigenvalue weighted by atomic mass is 32.2. The molecule has 7 nitrogen and oxygen atoms in total. The smallest absolute Gasteiger partial charge is 0.243 e. The van der Waals surface area contributed by atoms with Crippen molar-refractivity contribution in [2.24, 2.45) is 23.2 Å². The zero-order valence-electron chi connectivity index (χ0n) is 17.5. The quantitative estimate of drug-likeness (QED) is 0.661. The molecule has 2 amide bonds. The predicted octanol–water partition coefficient (Wildman–Crippen LogP) is 2.52. The molecular weight excluding hydrogens is 414 g/mol. The average molecular weight is 444 g/mol. The fourth-order valence-electron chi connectivity index (χ4n) is 6.50. The maximum Gasteiger partial charge on any atom is 0.243 e. The number of benzene rings is 1. The van der Waals surface area contributed by atoms with Gasteiger partial charge in [-0.15, -0.1) is 0 Å². The second-order valence-corrected chi connectivity index (χ2v) is 11.8. The van der Waals surface area contributed by atoms with Crippen molar-refractivity contribution in [3.05, 3.63) is 36.9 Å². The SMILES string of the molecule is C=CC(=O)NC1CN(S(=O)(=O)c2ccc(NC(=O)C34CC5CC(CC(C5)C3)C4)cc2)C1. The van der Waals surface area contributed by atoms with Crippen LogP contribution in [0.3, 0.4) is 0 Å². The summed E-state index contributed by atoms with van der Waals surface area (Å²) >= 11 is 0. The van der Waals surface area contributed by atoms with Crippen LogP contribution in [-0.2, 0) is 19.6 Å². The van der Waals surface area contributed by atoms with Gasteiger partial charge in [0, 0.05) is 18.8 Å². The maximum absolute atomic E-state index is 13.2. The van der Waals surface area contributed by atoms with Gasteiger partial charge in [-0.1, -0.05) is 6.58 Å². The largest absolute Gasteiger partial charge is 0.347 e. The van der Waals surface area contributed by atoms with Crippen LogP contribution in [0.15, 0.2) is 41.8 Å². The Morgan fingerprint density at radius 2 is 1.55 bits per heavy atom. The van der Waals surface area contributed by atoms with E-state index in [1.807, 2.05) is 0 Å². The fraction of sp³-hybridized carbons (Fsp3) is 0.565. The van der Waals surface area contributed by atoms with Crippen LogP contribution in [0.1, 0.15) is 38.5 Å². The Balaban J connectivity index is 1.22. The van der Waals surface area contributed by atoms with Gasteiger partial charge in [-0.05, 0) is 86.6 Å². The summed E-state index contributed by atoms with van der Waals surface area (Å²) in [5.41, 5.74) is 0.404. The molecule has 4 bridgehead atoms. The summed E-state index contributed by atoms with van der Waals surface area (Å²) in [6, 6.07) is 6.23. The van der Waals surface area contributed by atoms with Crippen molar-refractivity contribution in [1.29, 1.82) is 0 Å².